The van der Waals surface area contributed by atoms with E-state index >= 15 is 0 Å². The summed E-state index contributed by atoms with van der Waals surface area (Å²) in [6.45, 7) is 0.855. The van der Waals surface area contributed by atoms with Crippen molar-refractivity contribution in [3.05, 3.63) is 29.6 Å². The van der Waals surface area contributed by atoms with E-state index in [9.17, 15) is 9.50 Å². The van der Waals surface area contributed by atoms with Crippen LogP contribution in [0.25, 0.3) is 0 Å². The first-order valence-electron chi connectivity index (χ1n) is 8.15. The third-order valence-corrected chi connectivity index (χ3v) is 5.58. The van der Waals surface area contributed by atoms with Crippen LogP contribution in [0.1, 0.15) is 31.2 Å². The van der Waals surface area contributed by atoms with Gasteiger partial charge < -0.3 is 14.7 Å². The molecule has 0 amide bonds. The highest BCUT2D eigenvalue weighted by Gasteiger charge is 2.51. The minimum absolute atomic E-state index is 0.191. The van der Waals surface area contributed by atoms with Crippen molar-refractivity contribution < 1.29 is 14.2 Å². The summed E-state index contributed by atoms with van der Waals surface area (Å²) in [5.41, 5.74) is -0.0794. The van der Waals surface area contributed by atoms with Crippen molar-refractivity contribution in [2.24, 2.45) is 17.8 Å². The Morgan fingerprint density at radius 1 is 1.36 bits per heavy atom. The van der Waals surface area contributed by atoms with E-state index in [1.807, 2.05) is 14.1 Å². The van der Waals surface area contributed by atoms with Gasteiger partial charge in [0, 0.05) is 12.5 Å². The lowest BCUT2D eigenvalue weighted by Gasteiger charge is -2.45. The van der Waals surface area contributed by atoms with Crippen molar-refractivity contribution in [1.82, 2.24) is 4.90 Å². The number of aliphatic hydroxyl groups is 1. The van der Waals surface area contributed by atoms with E-state index in [0.29, 0.717) is 11.8 Å². The van der Waals surface area contributed by atoms with Crippen LogP contribution in [-0.4, -0.2) is 37.8 Å². The molecule has 2 fully saturated rings. The van der Waals surface area contributed by atoms with Gasteiger partial charge in [-0.3, -0.25) is 0 Å². The van der Waals surface area contributed by atoms with Crippen molar-refractivity contribution in [1.29, 1.82) is 0 Å². The first-order chi connectivity index (χ1) is 10.4. The van der Waals surface area contributed by atoms with Gasteiger partial charge in [-0.2, -0.15) is 0 Å². The maximum Gasteiger partial charge on any atom is 0.165 e. The molecule has 1 aromatic carbocycles. The molecule has 2 saturated carbocycles. The molecule has 122 valence electrons. The fourth-order valence-electron chi connectivity index (χ4n) is 4.60. The molecule has 3 nitrogen and oxygen atoms in total. The summed E-state index contributed by atoms with van der Waals surface area (Å²) in [6, 6.07) is 4.82. The number of ether oxygens (including phenoxy) is 1. The molecule has 0 radical (unpaired) electrons. The summed E-state index contributed by atoms with van der Waals surface area (Å²) in [6.07, 6.45) is 4.40. The zero-order valence-corrected chi connectivity index (χ0v) is 13.7. The number of halogens is 1. The van der Waals surface area contributed by atoms with Crippen LogP contribution in [0.4, 0.5) is 4.39 Å². The minimum Gasteiger partial charge on any atom is -0.494 e. The van der Waals surface area contributed by atoms with E-state index < -0.39 is 5.60 Å². The molecule has 2 bridgehead atoms. The molecule has 1 aromatic rings. The second-order valence-corrected chi connectivity index (χ2v) is 7.29. The summed E-state index contributed by atoms with van der Waals surface area (Å²) in [5, 5.41) is 11.5. The van der Waals surface area contributed by atoms with Gasteiger partial charge in [0.25, 0.3) is 0 Å². The van der Waals surface area contributed by atoms with Gasteiger partial charge in [0.1, 0.15) is 0 Å². The van der Waals surface area contributed by atoms with Crippen LogP contribution in [-0.2, 0) is 5.60 Å². The van der Waals surface area contributed by atoms with E-state index in [1.165, 1.54) is 32.4 Å². The Labute approximate surface area is 132 Å². The van der Waals surface area contributed by atoms with Crippen LogP contribution >= 0.6 is 0 Å². The quantitative estimate of drug-likeness (QED) is 0.928. The third kappa shape index (κ3) is 2.63. The largest absolute Gasteiger partial charge is 0.494 e. The number of hydrogen-bond donors (Lipinski definition) is 1. The molecular formula is C18H26FNO2. The smallest absolute Gasteiger partial charge is 0.165 e. The van der Waals surface area contributed by atoms with Gasteiger partial charge in [0.15, 0.2) is 11.6 Å². The third-order valence-electron chi connectivity index (χ3n) is 5.58. The Balaban J connectivity index is 2.00. The highest BCUT2D eigenvalue weighted by molar-refractivity contribution is 5.35. The fraction of sp³-hybridized carbons (Fsp3) is 0.667. The maximum absolute atomic E-state index is 13.7. The van der Waals surface area contributed by atoms with Crippen LogP contribution in [0.2, 0.25) is 0 Å². The lowest BCUT2D eigenvalue weighted by molar-refractivity contribution is -0.0892. The minimum atomic E-state index is -0.880. The standard InChI is InChI=1S/C18H26FNO2/c1-20(2)11-15-13-5-4-12(8-13)10-18(15,21)14-6-7-16(19)17(9-14)22-3/h6-7,9,12-13,15,21H,4-5,8,10-11H2,1-3H3/t12?,13?,15-,18-/m0/s1. The Bertz CT molecular complexity index is 548. The topological polar surface area (TPSA) is 32.7 Å². The average Bonchev–Trinajstić information content (AvgIpc) is 2.87. The molecule has 0 heterocycles. The first kappa shape index (κ1) is 15.8. The number of hydrogen-bond acceptors (Lipinski definition) is 3. The van der Waals surface area contributed by atoms with Gasteiger partial charge in [-0.1, -0.05) is 12.5 Å². The number of methoxy groups -OCH3 is 1. The molecule has 2 aliphatic rings. The summed E-state index contributed by atoms with van der Waals surface area (Å²) in [4.78, 5) is 2.15. The molecule has 2 unspecified atom stereocenters. The summed E-state index contributed by atoms with van der Waals surface area (Å²) in [5.74, 6) is 1.17. The Hall–Kier alpha value is -1.13. The molecule has 0 saturated heterocycles. The van der Waals surface area contributed by atoms with Crippen LogP contribution in [0, 0.1) is 23.6 Å². The Morgan fingerprint density at radius 3 is 2.82 bits per heavy atom. The van der Waals surface area contributed by atoms with E-state index in [-0.39, 0.29) is 17.5 Å². The first-order valence-corrected chi connectivity index (χ1v) is 8.15. The number of rotatable bonds is 4. The molecule has 3 rings (SSSR count). The molecule has 4 atom stereocenters. The normalized spacial score (nSPS) is 34.2. The molecule has 0 spiro atoms. The second kappa shape index (κ2) is 5.82. The van der Waals surface area contributed by atoms with Crippen molar-refractivity contribution in [3.63, 3.8) is 0 Å². The van der Waals surface area contributed by atoms with Gasteiger partial charge in [-0.25, -0.2) is 4.39 Å². The molecule has 0 aliphatic heterocycles. The molecule has 22 heavy (non-hydrogen) atoms. The molecule has 1 N–H and O–H groups in total. The van der Waals surface area contributed by atoms with Gasteiger partial charge in [-0.05, 0) is 62.9 Å². The predicted octanol–water partition coefficient (Wildman–Crippen LogP) is 3.02. The molecular weight excluding hydrogens is 281 g/mol. The van der Waals surface area contributed by atoms with Crippen molar-refractivity contribution in [3.8, 4) is 5.75 Å². The summed E-state index contributed by atoms with van der Waals surface area (Å²) < 4.78 is 18.8. The summed E-state index contributed by atoms with van der Waals surface area (Å²) >= 11 is 0. The van der Waals surface area contributed by atoms with E-state index in [4.69, 9.17) is 4.74 Å². The highest BCUT2D eigenvalue weighted by atomic mass is 19.1. The van der Waals surface area contributed by atoms with Crippen LogP contribution in [0.3, 0.4) is 0 Å². The highest BCUT2D eigenvalue weighted by Crippen LogP contribution is 2.54. The van der Waals surface area contributed by atoms with Gasteiger partial charge in [-0.15, -0.1) is 0 Å². The van der Waals surface area contributed by atoms with E-state index in [1.54, 1.807) is 12.1 Å². The number of benzene rings is 1. The fourth-order valence-corrected chi connectivity index (χ4v) is 4.60. The van der Waals surface area contributed by atoms with E-state index in [0.717, 1.165) is 18.5 Å². The van der Waals surface area contributed by atoms with E-state index in [2.05, 4.69) is 4.90 Å². The number of nitrogens with zero attached hydrogens (tertiary/aromatic N) is 1. The van der Waals surface area contributed by atoms with Crippen molar-refractivity contribution in [2.75, 3.05) is 27.7 Å². The van der Waals surface area contributed by atoms with Gasteiger partial charge in [0.05, 0.1) is 12.7 Å². The lowest BCUT2D eigenvalue weighted by Crippen LogP contribution is -2.47. The Morgan fingerprint density at radius 2 is 2.14 bits per heavy atom. The van der Waals surface area contributed by atoms with Crippen LogP contribution < -0.4 is 4.74 Å². The number of fused-ring (bicyclic) bond motifs is 2. The zero-order chi connectivity index (χ0) is 15.9. The van der Waals surface area contributed by atoms with Crippen LogP contribution in [0.15, 0.2) is 18.2 Å². The van der Waals surface area contributed by atoms with Crippen molar-refractivity contribution >= 4 is 0 Å². The SMILES string of the molecule is COc1cc([C@@]2(O)CC3CCC(C3)[C@@H]2CN(C)C)ccc1F. The maximum atomic E-state index is 13.7. The summed E-state index contributed by atoms with van der Waals surface area (Å²) in [7, 11) is 5.56. The zero-order valence-electron chi connectivity index (χ0n) is 13.7. The Kier molecular flexibility index (Phi) is 4.17. The van der Waals surface area contributed by atoms with Crippen molar-refractivity contribution in [2.45, 2.75) is 31.3 Å². The van der Waals surface area contributed by atoms with Gasteiger partial charge in [0.2, 0.25) is 0 Å². The molecule has 0 aromatic heterocycles. The average molecular weight is 307 g/mol. The lowest BCUT2D eigenvalue weighted by atomic mass is 9.66. The second-order valence-electron chi connectivity index (χ2n) is 7.29. The van der Waals surface area contributed by atoms with Gasteiger partial charge >= 0.3 is 0 Å². The van der Waals surface area contributed by atoms with Crippen LogP contribution in [0.5, 0.6) is 5.75 Å². The monoisotopic (exact) mass is 307 g/mol. The predicted molar refractivity (Wildman–Crippen MR) is 84.3 cm³/mol. The molecule has 4 heteroatoms. The molecule has 2 aliphatic carbocycles.